The second kappa shape index (κ2) is 15.2. The lowest BCUT2D eigenvalue weighted by Crippen LogP contribution is -2.60. The summed E-state index contributed by atoms with van der Waals surface area (Å²) in [7, 11) is 3.82. The van der Waals surface area contributed by atoms with Crippen LogP contribution in [0.1, 0.15) is 81.6 Å². The molecule has 44 heavy (non-hydrogen) atoms. The predicted molar refractivity (Wildman–Crippen MR) is 166 cm³/mol. The van der Waals surface area contributed by atoms with Gasteiger partial charge in [0, 0.05) is 30.5 Å². The Morgan fingerprint density at radius 1 is 1.07 bits per heavy atom. The molecule has 1 unspecified atom stereocenters. The first-order valence-corrected chi connectivity index (χ1v) is 16.5. The van der Waals surface area contributed by atoms with Gasteiger partial charge in [-0.3, -0.25) is 9.59 Å². The molecule has 256 valence electrons. The fourth-order valence-corrected chi connectivity index (χ4v) is 7.28. The molecule has 4 heterocycles. The zero-order valence-corrected chi connectivity index (χ0v) is 28.9. The van der Waals surface area contributed by atoms with E-state index in [0.717, 1.165) is 0 Å². The Morgan fingerprint density at radius 2 is 1.73 bits per heavy atom. The van der Waals surface area contributed by atoms with Gasteiger partial charge in [-0.25, -0.2) is 0 Å². The first-order valence-electron chi connectivity index (χ1n) is 16.5. The number of aliphatic hydroxyl groups excluding tert-OH is 1. The SMILES string of the molecule is CC[C@H]1OC(=O)[C@H](C)C(=O)[C@H](C)[C@@H](O[C@@H]2O[C@H](C)C[C@H](N(C)C)[C@H]2O)[C@@]2(C)C[C@@H](C)NC[C@H](C)[C@@H](OCC(C)CO2)[C@]1(C)O. The van der Waals surface area contributed by atoms with E-state index in [2.05, 4.69) is 12.2 Å². The normalized spacial score (nSPS) is 47.2. The van der Waals surface area contributed by atoms with Gasteiger partial charge in [-0.2, -0.15) is 0 Å². The van der Waals surface area contributed by atoms with Gasteiger partial charge in [0.15, 0.2) is 12.1 Å². The van der Waals surface area contributed by atoms with Gasteiger partial charge in [-0.15, -0.1) is 0 Å². The van der Waals surface area contributed by atoms with Crippen molar-refractivity contribution in [2.24, 2.45) is 23.7 Å². The molecule has 0 saturated carbocycles. The van der Waals surface area contributed by atoms with Gasteiger partial charge >= 0.3 is 5.97 Å². The van der Waals surface area contributed by atoms with Crippen molar-refractivity contribution in [1.29, 1.82) is 0 Å². The van der Waals surface area contributed by atoms with Gasteiger partial charge in [0.05, 0.1) is 37.1 Å². The second-order valence-electron chi connectivity index (χ2n) is 14.6. The highest BCUT2D eigenvalue weighted by atomic mass is 16.7. The summed E-state index contributed by atoms with van der Waals surface area (Å²) in [4.78, 5) is 29.6. The van der Waals surface area contributed by atoms with E-state index in [0.29, 0.717) is 39.0 Å². The van der Waals surface area contributed by atoms with Crippen molar-refractivity contribution in [2.45, 2.75) is 142 Å². The smallest absolute Gasteiger partial charge is 0.316 e. The van der Waals surface area contributed by atoms with Gasteiger partial charge in [0.1, 0.15) is 23.7 Å². The molecule has 2 bridgehead atoms. The Kier molecular flexibility index (Phi) is 12.8. The van der Waals surface area contributed by atoms with E-state index in [1.165, 1.54) is 6.92 Å². The number of ketones is 1. The van der Waals surface area contributed by atoms with E-state index in [4.69, 9.17) is 23.7 Å². The fourth-order valence-electron chi connectivity index (χ4n) is 7.28. The summed E-state index contributed by atoms with van der Waals surface area (Å²) in [6.45, 7) is 17.9. The van der Waals surface area contributed by atoms with Gasteiger partial charge in [-0.1, -0.05) is 27.7 Å². The Morgan fingerprint density at radius 3 is 2.34 bits per heavy atom. The Labute approximate surface area is 264 Å². The monoisotopic (exact) mass is 628 g/mol. The number of hydrogen-bond donors (Lipinski definition) is 3. The van der Waals surface area contributed by atoms with Crippen LogP contribution in [0.15, 0.2) is 0 Å². The molecule has 4 saturated heterocycles. The largest absolute Gasteiger partial charge is 0.459 e. The maximum atomic E-state index is 14.1. The number of aliphatic hydroxyl groups is 2. The fraction of sp³-hybridized carbons (Fsp3) is 0.939. The summed E-state index contributed by atoms with van der Waals surface area (Å²) in [5.41, 5.74) is -2.53. The highest BCUT2D eigenvalue weighted by Crippen LogP contribution is 2.37. The number of nitrogens with one attached hydrogen (secondary N) is 1. The first-order chi connectivity index (χ1) is 20.4. The number of ether oxygens (including phenoxy) is 5. The van der Waals surface area contributed by atoms with Crippen LogP contribution in [0, 0.1) is 23.7 Å². The van der Waals surface area contributed by atoms with Crippen molar-refractivity contribution >= 4 is 11.8 Å². The predicted octanol–water partition coefficient (Wildman–Crippen LogP) is 2.54. The van der Waals surface area contributed by atoms with Crippen LogP contribution in [0.2, 0.25) is 0 Å². The molecule has 0 spiro atoms. The van der Waals surface area contributed by atoms with Crippen molar-refractivity contribution in [2.75, 3.05) is 33.9 Å². The number of carbonyl (C=O) groups is 2. The van der Waals surface area contributed by atoms with E-state index in [9.17, 15) is 19.8 Å². The summed E-state index contributed by atoms with van der Waals surface area (Å²) >= 11 is 0. The van der Waals surface area contributed by atoms with Crippen LogP contribution >= 0.6 is 0 Å². The molecule has 0 aromatic heterocycles. The molecule has 0 radical (unpaired) electrons. The number of nitrogens with zero attached hydrogens (tertiary/aromatic N) is 1. The molecule has 0 amide bonds. The van der Waals surface area contributed by atoms with Gasteiger partial charge < -0.3 is 44.1 Å². The highest BCUT2D eigenvalue weighted by Gasteiger charge is 2.51. The summed E-state index contributed by atoms with van der Waals surface area (Å²) < 4.78 is 31.9. The van der Waals surface area contributed by atoms with Crippen LogP contribution in [-0.4, -0.2) is 121 Å². The molecule has 3 N–H and O–H groups in total. The first kappa shape index (κ1) is 37.3. The number of esters is 1. The zero-order valence-electron chi connectivity index (χ0n) is 28.9. The lowest BCUT2D eigenvalue weighted by molar-refractivity contribution is -0.298. The van der Waals surface area contributed by atoms with Gasteiger partial charge in [0.2, 0.25) is 0 Å². The molecular formula is C33H60N2O9. The number of carbonyl (C=O) groups excluding carboxylic acids is 2. The molecular weight excluding hydrogens is 568 g/mol. The third-order valence-electron chi connectivity index (χ3n) is 9.97. The topological polar surface area (TPSA) is 136 Å². The Hall–Kier alpha value is -1.18. The maximum Gasteiger partial charge on any atom is 0.316 e. The molecule has 0 aromatic carbocycles. The Bertz CT molecular complexity index is 964. The molecule has 11 heteroatoms. The second-order valence-corrected chi connectivity index (χ2v) is 14.6. The van der Waals surface area contributed by atoms with Crippen LogP contribution < -0.4 is 5.32 Å². The highest BCUT2D eigenvalue weighted by molar-refractivity contribution is 6.00. The summed E-state index contributed by atoms with van der Waals surface area (Å²) in [5, 5.41) is 26.8. The van der Waals surface area contributed by atoms with E-state index < -0.39 is 59.7 Å². The van der Waals surface area contributed by atoms with Crippen LogP contribution in [-0.2, 0) is 33.3 Å². The summed E-state index contributed by atoms with van der Waals surface area (Å²) in [5.74, 6) is -3.22. The lowest BCUT2D eigenvalue weighted by atomic mass is 9.79. The molecule has 0 aromatic rings. The molecule has 4 fully saturated rings. The third-order valence-corrected chi connectivity index (χ3v) is 9.97. The minimum absolute atomic E-state index is 0.0597. The molecule has 0 aliphatic carbocycles. The molecule has 11 nitrogen and oxygen atoms in total. The van der Waals surface area contributed by atoms with Crippen molar-refractivity contribution in [3.8, 4) is 0 Å². The van der Waals surface area contributed by atoms with Crippen LogP contribution in [0.4, 0.5) is 0 Å². The molecule has 4 aliphatic heterocycles. The average molecular weight is 629 g/mol. The number of Topliss-reactive ketones (excluding diaryl/α,β-unsaturated/α-hetero) is 1. The van der Waals surface area contributed by atoms with E-state index in [1.54, 1.807) is 13.8 Å². The van der Waals surface area contributed by atoms with Gasteiger partial charge in [-0.05, 0) is 73.9 Å². The van der Waals surface area contributed by atoms with E-state index in [1.807, 2.05) is 53.6 Å². The standard InChI is InChI=1S/C33H60N2O9/c1-12-25-33(9,39)28-19(3)15-34-20(4)14-32(8,41-17-18(2)16-40-28)29(22(6)26(36)23(7)30(38)43-25)44-31-27(37)24(35(10)11)13-21(5)42-31/h18-25,27-29,31,34,37,39H,12-17H2,1-11H3/t18?,19-,20+,21+,22-,23+,24-,25+,27+,28+,29+,31-,32+,33+/m0/s1. The number of likely N-dealkylation sites (N-methyl/N-ethyl adjacent to an activating group) is 1. The maximum absolute atomic E-state index is 14.1. The number of rotatable bonds is 4. The third kappa shape index (κ3) is 8.39. The molecule has 4 rings (SSSR count). The van der Waals surface area contributed by atoms with E-state index in [-0.39, 0.29) is 35.8 Å². The number of hydrogen-bond acceptors (Lipinski definition) is 11. The number of fused-ring (bicyclic) bond motifs is 15. The van der Waals surface area contributed by atoms with Crippen molar-refractivity contribution in [3.05, 3.63) is 0 Å². The van der Waals surface area contributed by atoms with Crippen molar-refractivity contribution in [1.82, 2.24) is 10.2 Å². The average Bonchev–Trinajstić information content (AvgIpc) is 2.95. The Balaban J connectivity index is 2.14. The van der Waals surface area contributed by atoms with Crippen molar-refractivity contribution in [3.63, 3.8) is 0 Å². The minimum Gasteiger partial charge on any atom is -0.459 e. The quantitative estimate of drug-likeness (QED) is 0.313. The lowest BCUT2D eigenvalue weighted by Gasteiger charge is -2.47. The molecule has 14 atom stereocenters. The van der Waals surface area contributed by atoms with Crippen molar-refractivity contribution < 1.29 is 43.5 Å². The van der Waals surface area contributed by atoms with Gasteiger partial charge in [0.25, 0.3) is 0 Å². The zero-order chi connectivity index (χ0) is 33.1. The minimum atomic E-state index is -1.51. The molecule has 4 aliphatic rings. The summed E-state index contributed by atoms with van der Waals surface area (Å²) in [6.07, 6.45) is -3.13. The van der Waals surface area contributed by atoms with E-state index >= 15 is 0 Å². The van der Waals surface area contributed by atoms with Crippen LogP contribution in [0.25, 0.3) is 0 Å². The summed E-state index contributed by atoms with van der Waals surface area (Å²) in [6, 6.07) is -0.286. The van der Waals surface area contributed by atoms with Crippen LogP contribution in [0.3, 0.4) is 0 Å². The van der Waals surface area contributed by atoms with Crippen LogP contribution in [0.5, 0.6) is 0 Å².